The normalized spacial score (nSPS) is 35.2. The van der Waals surface area contributed by atoms with Crippen LogP contribution in [0.1, 0.15) is 34.6 Å². The first kappa shape index (κ1) is 19.9. The molecule has 2 aliphatic carbocycles. The van der Waals surface area contributed by atoms with Gasteiger partial charge in [-0.25, -0.2) is 0 Å². The Morgan fingerprint density at radius 3 is 1.97 bits per heavy atom. The fourth-order valence-electron chi connectivity index (χ4n) is 6.01. The van der Waals surface area contributed by atoms with Crippen molar-refractivity contribution in [2.24, 2.45) is 28.6 Å². The van der Waals surface area contributed by atoms with Crippen LogP contribution in [-0.4, -0.2) is 29.0 Å². The van der Waals surface area contributed by atoms with Crippen molar-refractivity contribution >= 4 is 34.8 Å². The number of methoxy groups -OCH3 is 1. The molecule has 1 unspecified atom stereocenters. The van der Waals surface area contributed by atoms with Gasteiger partial charge in [-0.1, -0.05) is 31.9 Å². The maximum atomic E-state index is 13.3. The summed E-state index contributed by atoms with van der Waals surface area (Å²) in [6.45, 7) is 10.7. The fraction of sp³-hybridized carbons (Fsp3) is 0.500. The number of rotatable bonds is 3. The topological polar surface area (TPSA) is 70.7 Å². The van der Waals surface area contributed by atoms with Crippen molar-refractivity contribution < 1.29 is 14.3 Å². The van der Waals surface area contributed by atoms with Crippen LogP contribution in [0.2, 0.25) is 0 Å². The van der Waals surface area contributed by atoms with E-state index < -0.39 is 0 Å². The van der Waals surface area contributed by atoms with E-state index in [0.29, 0.717) is 0 Å². The molecule has 0 spiro atoms. The van der Waals surface area contributed by atoms with Crippen LogP contribution >= 0.6 is 12.2 Å². The number of fused-ring (bicyclic) bond motifs is 5. The summed E-state index contributed by atoms with van der Waals surface area (Å²) in [4.78, 5) is 26.6. The zero-order valence-electron chi connectivity index (χ0n) is 17.6. The number of amides is 2. The lowest BCUT2D eigenvalue weighted by atomic mass is 9.66. The molecule has 2 N–H and O–H groups in total. The molecule has 1 saturated carbocycles. The maximum Gasteiger partial charge on any atom is 0.253 e. The highest BCUT2D eigenvalue weighted by Gasteiger charge is 2.75. The Labute approximate surface area is 176 Å². The molecule has 4 rings (SSSR count). The van der Waals surface area contributed by atoms with Crippen molar-refractivity contribution in [3.8, 4) is 5.75 Å². The van der Waals surface area contributed by atoms with Gasteiger partial charge < -0.3 is 10.1 Å². The number of thiocarbonyl (C=S) groups is 1. The summed E-state index contributed by atoms with van der Waals surface area (Å²) in [5.41, 5.74) is 5.45. The van der Waals surface area contributed by atoms with Gasteiger partial charge in [-0.3, -0.25) is 15.0 Å². The number of allylic oxidation sites excluding steroid dienone is 2. The van der Waals surface area contributed by atoms with Gasteiger partial charge in [0.15, 0.2) is 5.11 Å². The van der Waals surface area contributed by atoms with Gasteiger partial charge >= 0.3 is 0 Å². The van der Waals surface area contributed by atoms with E-state index in [9.17, 15) is 9.59 Å². The van der Waals surface area contributed by atoms with Crippen LogP contribution in [-0.2, 0) is 9.59 Å². The van der Waals surface area contributed by atoms with E-state index in [1.165, 1.54) is 11.1 Å². The van der Waals surface area contributed by atoms with Gasteiger partial charge in [0.1, 0.15) is 5.75 Å². The number of ether oxygens (including phenoxy) is 1. The minimum atomic E-state index is -0.352. The third-order valence-electron chi connectivity index (χ3n) is 8.14. The molecule has 1 heterocycles. The fourth-order valence-corrected chi connectivity index (χ4v) is 6.22. The molecule has 1 saturated heterocycles. The number of hydrazine groups is 1. The lowest BCUT2D eigenvalue weighted by Crippen LogP contribution is -2.50. The Morgan fingerprint density at radius 2 is 1.52 bits per heavy atom. The highest BCUT2D eigenvalue weighted by Crippen LogP contribution is 2.73. The molecule has 1 aromatic rings. The lowest BCUT2D eigenvalue weighted by molar-refractivity contribution is -0.144. The Hall–Kier alpha value is -2.41. The molecule has 6 nitrogen and oxygen atoms in total. The van der Waals surface area contributed by atoms with Gasteiger partial charge in [0, 0.05) is 16.5 Å². The van der Waals surface area contributed by atoms with Crippen LogP contribution in [0.5, 0.6) is 5.75 Å². The minimum Gasteiger partial charge on any atom is -0.497 e. The second kappa shape index (κ2) is 6.29. The van der Waals surface area contributed by atoms with Crippen LogP contribution in [0.15, 0.2) is 35.4 Å². The standard InChI is InChI=1S/C22H27N3O3S/c1-11-12(2)22(5)13(3)21(11,4)16-17(22)19(27)25(18(16)26)24-20(29)23-14-7-9-15(28-6)10-8-14/h7-10,13,16-17H,1-6H3,(H2,23,24,29)/t13?,16-,17+,21-,22+. The summed E-state index contributed by atoms with van der Waals surface area (Å²) in [6.07, 6.45) is 0. The van der Waals surface area contributed by atoms with Crippen molar-refractivity contribution in [3.63, 3.8) is 0 Å². The molecule has 154 valence electrons. The van der Waals surface area contributed by atoms with Gasteiger partial charge in [0.25, 0.3) is 11.8 Å². The molecule has 2 bridgehead atoms. The maximum absolute atomic E-state index is 13.3. The van der Waals surface area contributed by atoms with Crippen molar-refractivity contribution in [2.45, 2.75) is 34.6 Å². The zero-order valence-corrected chi connectivity index (χ0v) is 18.4. The van der Waals surface area contributed by atoms with E-state index in [1.807, 2.05) is 12.1 Å². The predicted octanol–water partition coefficient (Wildman–Crippen LogP) is 3.51. The predicted molar refractivity (Wildman–Crippen MR) is 115 cm³/mol. The Kier molecular flexibility index (Phi) is 4.31. The number of anilines is 1. The number of nitrogens with one attached hydrogen (secondary N) is 2. The number of nitrogens with zero attached hydrogens (tertiary/aromatic N) is 1. The average molecular weight is 414 g/mol. The van der Waals surface area contributed by atoms with Gasteiger partial charge in [0.05, 0.1) is 18.9 Å². The third kappa shape index (κ3) is 2.37. The molecule has 0 radical (unpaired) electrons. The Bertz CT molecular complexity index is 913. The first-order chi connectivity index (χ1) is 13.6. The van der Waals surface area contributed by atoms with Gasteiger partial charge in [-0.2, -0.15) is 5.01 Å². The smallest absolute Gasteiger partial charge is 0.253 e. The van der Waals surface area contributed by atoms with Crippen molar-refractivity contribution in [2.75, 3.05) is 12.4 Å². The summed E-state index contributed by atoms with van der Waals surface area (Å²) in [5.74, 6) is -0.113. The Morgan fingerprint density at radius 1 is 1.03 bits per heavy atom. The van der Waals surface area contributed by atoms with Crippen LogP contribution in [0.3, 0.4) is 0 Å². The van der Waals surface area contributed by atoms with Crippen LogP contribution in [0.25, 0.3) is 0 Å². The number of benzene rings is 1. The SMILES string of the molecule is COc1ccc(NC(=S)NN2C(=O)[C@@H]3[C@H](C2=O)[C@]2(C)C(C)=C(C)[C@@]3(C)C2C)cc1. The largest absolute Gasteiger partial charge is 0.497 e. The monoisotopic (exact) mass is 413 g/mol. The Balaban J connectivity index is 1.56. The van der Waals surface area contributed by atoms with Crippen molar-refractivity contribution in [1.82, 2.24) is 10.4 Å². The molecular weight excluding hydrogens is 386 g/mol. The molecule has 7 heteroatoms. The molecule has 5 atom stereocenters. The lowest BCUT2D eigenvalue weighted by Gasteiger charge is -2.34. The number of hydrogen-bond donors (Lipinski definition) is 2. The van der Waals surface area contributed by atoms with Gasteiger partial charge in [0.2, 0.25) is 0 Å². The van der Waals surface area contributed by atoms with Gasteiger partial charge in [-0.15, -0.1) is 0 Å². The highest BCUT2D eigenvalue weighted by molar-refractivity contribution is 7.80. The molecule has 1 aromatic carbocycles. The summed E-state index contributed by atoms with van der Waals surface area (Å²) < 4.78 is 5.15. The van der Waals surface area contributed by atoms with Crippen LogP contribution < -0.4 is 15.5 Å². The molecule has 2 fully saturated rings. The van der Waals surface area contributed by atoms with Crippen molar-refractivity contribution in [3.05, 3.63) is 35.4 Å². The third-order valence-corrected chi connectivity index (χ3v) is 8.33. The second-order valence-corrected chi connectivity index (χ2v) is 9.21. The quantitative estimate of drug-likeness (QED) is 0.449. The van der Waals surface area contributed by atoms with E-state index >= 15 is 0 Å². The average Bonchev–Trinajstić information content (AvgIpc) is 3.11. The van der Waals surface area contributed by atoms with Crippen LogP contribution in [0, 0.1) is 28.6 Å². The number of carbonyl (C=O) groups is 2. The molecule has 1 aliphatic heterocycles. The first-order valence-corrected chi connectivity index (χ1v) is 10.3. The number of imide groups is 1. The summed E-state index contributed by atoms with van der Waals surface area (Å²) in [6, 6.07) is 7.24. The van der Waals surface area contributed by atoms with Crippen molar-refractivity contribution in [1.29, 1.82) is 0 Å². The van der Waals surface area contributed by atoms with E-state index in [0.717, 1.165) is 16.4 Å². The number of hydrogen-bond acceptors (Lipinski definition) is 4. The van der Waals surface area contributed by atoms with Crippen LogP contribution in [0.4, 0.5) is 5.69 Å². The summed E-state index contributed by atoms with van der Waals surface area (Å²) >= 11 is 5.36. The van der Waals surface area contributed by atoms with E-state index in [4.69, 9.17) is 17.0 Å². The molecule has 2 amide bonds. The molecule has 0 aromatic heterocycles. The molecular formula is C22H27N3O3S. The minimum absolute atomic E-state index is 0.191. The van der Waals surface area contributed by atoms with E-state index in [2.05, 4.69) is 45.4 Å². The summed E-state index contributed by atoms with van der Waals surface area (Å²) in [5, 5.41) is 4.35. The highest BCUT2D eigenvalue weighted by atomic mass is 32.1. The number of carbonyl (C=O) groups excluding carboxylic acids is 2. The zero-order chi connectivity index (χ0) is 21.3. The molecule has 29 heavy (non-hydrogen) atoms. The molecule has 3 aliphatic rings. The summed E-state index contributed by atoms with van der Waals surface area (Å²) in [7, 11) is 1.60. The second-order valence-electron chi connectivity index (χ2n) is 8.80. The first-order valence-electron chi connectivity index (χ1n) is 9.86. The van der Waals surface area contributed by atoms with Gasteiger partial charge in [-0.05, 0) is 56.2 Å². The van der Waals surface area contributed by atoms with E-state index in [-0.39, 0.29) is 45.5 Å². The van der Waals surface area contributed by atoms with E-state index in [1.54, 1.807) is 19.2 Å².